The van der Waals surface area contributed by atoms with E-state index in [1.54, 1.807) is 21.1 Å². The minimum atomic E-state index is -0.471. The van der Waals surface area contributed by atoms with Crippen molar-refractivity contribution in [1.29, 1.82) is 0 Å². The lowest BCUT2D eigenvalue weighted by Crippen LogP contribution is -2.51. The first-order valence-corrected chi connectivity index (χ1v) is 15.5. The van der Waals surface area contributed by atoms with E-state index in [-0.39, 0.29) is 29.9 Å². The molecule has 2 aliphatic heterocycles. The van der Waals surface area contributed by atoms with Gasteiger partial charge in [-0.15, -0.1) is 0 Å². The van der Waals surface area contributed by atoms with Crippen molar-refractivity contribution in [3.05, 3.63) is 11.8 Å². The molecule has 10 nitrogen and oxygen atoms in total. The van der Waals surface area contributed by atoms with E-state index in [0.717, 1.165) is 62.4 Å². The number of likely N-dealkylation sites (N-methyl/N-ethyl adjacent to an activating group) is 1. The summed E-state index contributed by atoms with van der Waals surface area (Å²) in [6.45, 7) is 3.54. The number of ether oxygens (including phenoxy) is 5. The summed E-state index contributed by atoms with van der Waals surface area (Å²) in [4.78, 5) is 34.5. The predicted molar refractivity (Wildman–Crippen MR) is 147 cm³/mol. The molecule has 0 radical (unpaired) electrons. The van der Waals surface area contributed by atoms with Crippen LogP contribution in [0.15, 0.2) is 11.8 Å². The van der Waals surface area contributed by atoms with Gasteiger partial charge in [-0.05, 0) is 93.8 Å². The van der Waals surface area contributed by atoms with Gasteiger partial charge in [-0.2, -0.15) is 0 Å². The van der Waals surface area contributed by atoms with Crippen LogP contribution in [-0.4, -0.2) is 80.9 Å². The van der Waals surface area contributed by atoms with Crippen molar-refractivity contribution in [2.24, 2.45) is 29.1 Å². The maximum atomic E-state index is 11.4. The van der Waals surface area contributed by atoms with E-state index < -0.39 is 5.79 Å². The van der Waals surface area contributed by atoms with Crippen LogP contribution in [0.5, 0.6) is 0 Å². The van der Waals surface area contributed by atoms with Crippen molar-refractivity contribution in [1.82, 2.24) is 10.2 Å². The van der Waals surface area contributed by atoms with Crippen molar-refractivity contribution in [2.75, 3.05) is 27.4 Å². The van der Waals surface area contributed by atoms with Gasteiger partial charge in [-0.3, -0.25) is 19.3 Å². The molecule has 7 fully saturated rings. The fourth-order valence-corrected chi connectivity index (χ4v) is 9.74. The van der Waals surface area contributed by atoms with E-state index in [1.807, 2.05) is 0 Å². The molecule has 2 saturated heterocycles. The van der Waals surface area contributed by atoms with E-state index in [2.05, 4.69) is 5.32 Å². The predicted octanol–water partition coefficient (Wildman–Crippen LogP) is 3.29. The fourth-order valence-electron chi connectivity index (χ4n) is 9.74. The molecule has 5 saturated carbocycles. The first-order chi connectivity index (χ1) is 19.8. The van der Waals surface area contributed by atoms with Gasteiger partial charge < -0.3 is 29.0 Å². The lowest BCUT2D eigenvalue weighted by molar-refractivity contribution is -0.240. The Morgan fingerprint density at radius 3 is 2.44 bits per heavy atom. The molecule has 7 rings (SSSR count). The smallest absolute Gasteiger partial charge is 0.293 e. The van der Waals surface area contributed by atoms with Gasteiger partial charge in [0.2, 0.25) is 12.3 Å². The van der Waals surface area contributed by atoms with Crippen LogP contribution >= 0.6 is 0 Å². The molecule has 1 N–H and O–H groups in total. The zero-order valence-electron chi connectivity index (χ0n) is 24.7. The molecule has 41 heavy (non-hydrogen) atoms. The number of methoxy groups -OCH3 is 1. The maximum Gasteiger partial charge on any atom is 0.293 e. The molecule has 7 unspecified atom stereocenters. The van der Waals surface area contributed by atoms with Crippen LogP contribution in [0, 0.1) is 29.1 Å². The molecule has 8 atom stereocenters. The Morgan fingerprint density at radius 1 is 1.05 bits per heavy atom. The molecule has 0 aromatic carbocycles. The summed E-state index contributed by atoms with van der Waals surface area (Å²) in [5.41, 5.74) is 1.16. The Hall–Kier alpha value is -2.01. The van der Waals surface area contributed by atoms with Gasteiger partial charge in [0.05, 0.1) is 19.3 Å². The van der Waals surface area contributed by atoms with E-state index in [4.69, 9.17) is 23.7 Å². The average molecular weight is 575 g/mol. The van der Waals surface area contributed by atoms with E-state index >= 15 is 0 Å². The summed E-state index contributed by atoms with van der Waals surface area (Å²) >= 11 is 0. The van der Waals surface area contributed by atoms with Crippen molar-refractivity contribution >= 4 is 18.8 Å². The zero-order chi connectivity index (χ0) is 28.8. The molecular weight excluding hydrogens is 528 g/mol. The quantitative estimate of drug-likeness (QED) is 0.347. The van der Waals surface area contributed by atoms with Gasteiger partial charge in [-0.1, -0.05) is 0 Å². The van der Waals surface area contributed by atoms with E-state index in [9.17, 15) is 14.4 Å². The number of fused-ring (bicyclic) bond motifs is 4. The normalized spacial score (nSPS) is 45.1. The Kier molecular flexibility index (Phi) is 7.98. The highest BCUT2D eigenvalue weighted by Gasteiger charge is 2.75. The number of nitrogens with zero attached hydrogens (tertiary/aromatic N) is 1. The van der Waals surface area contributed by atoms with Crippen LogP contribution in [-0.2, 0) is 38.1 Å². The van der Waals surface area contributed by atoms with Crippen LogP contribution in [0.4, 0.5) is 0 Å². The largest absolute Gasteiger partial charge is 0.464 e. The van der Waals surface area contributed by atoms with Crippen molar-refractivity contribution < 1.29 is 38.1 Å². The number of carbonyl (C=O) groups excluding carboxylic acids is 3. The Morgan fingerprint density at radius 2 is 1.78 bits per heavy atom. The average Bonchev–Trinajstić information content (AvgIpc) is 3.70. The molecule has 2 amide bonds. The third kappa shape index (κ3) is 4.92. The van der Waals surface area contributed by atoms with Crippen LogP contribution in [0.25, 0.3) is 0 Å². The second-order valence-corrected chi connectivity index (χ2v) is 13.5. The first kappa shape index (κ1) is 29.1. The highest BCUT2D eigenvalue weighted by atomic mass is 16.8. The Bertz CT molecular complexity index is 1030. The van der Waals surface area contributed by atoms with Gasteiger partial charge in [0.15, 0.2) is 5.79 Å². The summed E-state index contributed by atoms with van der Waals surface area (Å²) in [6, 6.07) is 0. The molecule has 2 heterocycles. The summed E-state index contributed by atoms with van der Waals surface area (Å²) < 4.78 is 29.2. The second kappa shape index (κ2) is 11.2. The number of nitrogens with one attached hydrogen (secondary N) is 1. The molecule has 5 aliphatic carbocycles. The summed E-state index contributed by atoms with van der Waals surface area (Å²) in [7, 11) is 3.16. The summed E-state index contributed by atoms with van der Waals surface area (Å²) in [5.74, 6) is 2.71. The lowest BCUT2D eigenvalue weighted by atomic mass is 9.55. The minimum absolute atomic E-state index is 0.0103. The van der Waals surface area contributed by atoms with Gasteiger partial charge in [0, 0.05) is 38.8 Å². The van der Waals surface area contributed by atoms with Crippen molar-refractivity contribution in [3.8, 4) is 0 Å². The molecule has 7 aliphatic rings. The van der Waals surface area contributed by atoms with Crippen LogP contribution in [0.2, 0.25) is 0 Å². The van der Waals surface area contributed by atoms with E-state index in [0.29, 0.717) is 36.9 Å². The zero-order valence-corrected chi connectivity index (χ0v) is 24.7. The SMILES string of the molecule is CNC(=O)/C(C)=C\N(C=O)C1CC[C@@H](COC)O1.O=COC1CCCC2(C1)OCC1(O2)C2CC3CC4CC1CC34C2. The standard InChI is InChI=1S/C19H26O4.C12H20N2O4/c20-11-21-16-2-1-3-18(9-16)22-10-19(23-18)14-5-12-4-13-6-15(19)8-17(12,13)7-14;1-9(12(16)13-2)6-14(8-15)11-5-4-10(18-11)7-17-3/h11-16H,1-10H2;6,8,10-11H,4-5,7H2,1-3H3,(H,13,16)/b;9-6-/t;10-,11?/m.0/s1. The third-order valence-electron chi connectivity index (χ3n) is 11.6. The van der Waals surface area contributed by atoms with Gasteiger partial charge in [-0.25, -0.2) is 0 Å². The second-order valence-electron chi connectivity index (χ2n) is 13.5. The first-order valence-electron chi connectivity index (χ1n) is 15.5. The number of carbonyl (C=O) groups is 3. The lowest BCUT2D eigenvalue weighted by Gasteiger charge is -2.50. The highest BCUT2D eigenvalue weighted by molar-refractivity contribution is 5.92. The Balaban J connectivity index is 0.000000154. The van der Waals surface area contributed by atoms with Gasteiger partial charge in [0.25, 0.3) is 6.47 Å². The van der Waals surface area contributed by atoms with Crippen LogP contribution in [0.1, 0.15) is 77.6 Å². The van der Waals surface area contributed by atoms with E-state index in [1.165, 1.54) is 43.2 Å². The number of amides is 2. The third-order valence-corrected chi connectivity index (χ3v) is 11.6. The monoisotopic (exact) mass is 574 g/mol. The molecule has 10 heteroatoms. The summed E-state index contributed by atoms with van der Waals surface area (Å²) in [6.07, 6.45) is 14.1. The number of rotatable bonds is 8. The molecule has 3 bridgehead atoms. The molecule has 0 aromatic rings. The topological polar surface area (TPSA) is 113 Å². The van der Waals surface area contributed by atoms with Crippen LogP contribution in [0.3, 0.4) is 0 Å². The van der Waals surface area contributed by atoms with Gasteiger partial charge >= 0.3 is 0 Å². The van der Waals surface area contributed by atoms with Crippen molar-refractivity contribution in [3.63, 3.8) is 0 Å². The molecule has 228 valence electrons. The molecule has 0 aromatic heterocycles. The summed E-state index contributed by atoms with van der Waals surface area (Å²) in [5, 5.41) is 2.50. The Labute approximate surface area is 242 Å². The minimum Gasteiger partial charge on any atom is -0.464 e. The van der Waals surface area contributed by atoms with Gasteiger partial charge in [0.1, 0.15) is 17.9 Å². The van der Waals surface area contributed by atoms with Crippen LogP contribution < -0.4 is 5.32 Å². The fraction of sp³-hybridized carbons (Fsp3) is 0.839. The maximum absolute atomic E-state index is 11.4. The van der Waals surface area contributed by atoms with Crippen molar-refractivity contribution in [2.45, 2.75) is 107 Å². The number of hydrogen-bond donors (Lipinski definition) is 1. The number of hydrogen-bond acceptors (Lipinski definition) is 8. The molecule has 3 spiro atoms. The molecular formula is C31H46N2O8. The highest BCUT2D eigenvalue weighted by Crippen LogP contribution is 2.78.